The van der Waals surface area contributed by atoms with Crippen molar-refractivity contribution in [3.05, 3.63) is 18.1 Å². The van der Waals surface area contributed by atoms with Crippen LogP contribution in [0.3, 0.4) is 0 Å². The molecule has 1 N–H and O–H groups in total. The lowest BCUT2D eigenvalue weighted by atomic mass is 10.1. The number of hydrogen-bond acceptors (Lipinski definition) is 5. The van der Waals surface area contributed by atoms with Crippen LogP contribution in [0.5, 0.6) is 0 Å². The highest BCUT2D eigenvalue weighted by Gasteiger charge is 2.24. The number of carbonyl (C=O) groups is 1. The number of aromatic nitrogens is 2. The van der Waals surface area contributed by atoms with Gasteiger partial charge in [-0.05, 0) is 19.3 Å². The van der Waals surface area contributed by atoms with Crippen molar-refractivity contribution in [2.75, 3.05) is 24.6 Å². The fourth-order valence-electron chi connectivity index (χ4n) is 2.28. The average molecular weight is 265 g/mol. The van der Waals surface area contributed by atoms with Crippen molar-refractivity contribution < 1.29 is 14.6 Å². The van der Waals surface area contributed by atoms with E-state index in [1.807, 2.05) is 4.90 Å². The maximum Gasteiger partial charge on any atom is 0.341 e. The van der Waals surface area contributed by atoms with Crippen molar-refractivity contribution in [3.8, 4) is 0 Å². The molecule has 0 spiro atoms. The van der Waals surface area contributed by atoms with Crippen LogP contribution in [0.15, 0.2) is 12.5 Å². The number of carboxylic acid groups (broad SMARTS) is 1. The van der Waals surface area contributed by atoms with Crippen LogP contribution in [0.1, 0.15) is 36.5 Å². The molecule has 0 unspecified atom stereocenters. The number of piperidine rings is 1. The monoisotopic (exact) mass is 265 g/mol. The minimum absolute atomic E-state index is 0.152. The quantitative estimate of drug-likeness (QED) is 0.871. The summed E-state index contributed by atoms with van der Waals surface area (Å²) < 4.78 is 5.75. The highest BCUT2D eigenvalue weighted by Crippen LogP contribution is 2.22. The van der Waals surface area contributed by atoms with E-state index < -0.39 is 5.97 Å². The van der Waals surface area contributed by atoms with E-state index in [1.54, 1.807) is 0 Å². The largest absolute Gasteiger partial charge is 0.477 e. The Morgan fingerprint density at radius 3 is 3.21 bits per heavy atom. The summed E-state index contributed by atoms with van der Waals surface area (Å²) in [6, 6.07) is 0. The maximum atomic E-state index is 11.2. The van der Waals surface area contributed by atoms with Gasteiger partial charge >= 0.3 is 5.97 Å². The molecule has 1 aliphatic rings. The van der Waals surface area contributed by atoms with Crippen molar-refractivity contribution in [1.29, 1.82) is 0 Å². The molecule has 6 nitrogen and oxygen atoms in total. The molecule has 104 valence electrons. The average Bonchev–Trinajstić information content (AvgIpc) is 2.45. The van der Waals surface area contributed by atoms with Crippen LogP contribution in [0, 0.1) is 0 Å². The van der Waals surface area contributed by atoms with E-state index >= 15 is 0 Å². The van der Waals surface area contributed by atoms with Crippen LogP contribution in [0.4, 0.5) is 5.82 Å². The van der Waals surface area contributed by atoms with Crippen molar-refractivity contribution in [3.63, 3.8) is 0 Å². The Kier molecular flexibility index (Phi) is 4.68. The Labute approximate surface area is 112 Å². The lowest BCUT2D eigenvalue weighted by molar-refractivity contribution is 0.0437. The molecule has 0 saturated carbocycles. The Hall–Kier alpha value is -1.69. The predicted octanol–water partition coefficient (Wildman–Crippen LogP) is 1.57. The third-order valence-electron chi connectivity index (χ3n) is 3.16. The van der Waals surface area contributed by atoms with E-state index in [9.17, 15) is 4.79 Å². The number of rotatable bonds is 5. The second kappa shape index (κ2) is 6.47. The summed E-state index contributed by atoms with van der Waals surface area (Å²) in [6.07, 6.45) is 5.89. The van der Waals surface area contributed by atoms with Crippen LogP contribution >= 0.6 is 0 Å². The number of anilines is 1. The van der Waals surface area contributed by atoms with Gasteiger partial charge in [-0.25, -0.2) is 14.8 Å². The van der Waals surface area contributed by atoms with Gasteiger partial charge in [0.25, 0.3) is 0 Å². The van der Waals surface area contributed by atoms with Crippen molar-refractivity contribution >= 4 is 11.8 Å². The maximum absolute atomic E-state index is 11.2. The molecule has 1 aromatic rings. The van der Waals surface area contributed by atoms with E-state index in [1.165, 1.54) is 12.5 Å². The lowest BCUT2D eigenvalue weighted by Crippen LogP contribution is -2.41. The van der Waals surface area contributed by atoms with Gasteiger partial charge in [0, 0.05) is 25.9 Å². The summed E-state index contributed by atoms with van der Waals surface area (Å²) in [5, 5.41) is 9.17. The Morgan fingerprint density at radius 2 is 2.47 bits per heavy atom. The first-order valence-corrected chi connectivity index (χ1v) is 6.62. The Balaban J connectivity index is 2.11. The summed E-state index contributed by atoms with van der Waals surface area (Å²) in [6.45, 7) is 4.32. The third-order valence-corrected chi connectivity index (χ3v) is 3.16. The number of carboxylic acids is 1. The van der Waals surface area contributed by atoms with Crippen LogP contribution in [0.2, 0.25) is 0 Å². The van der Waals surface area contributed by atoms with E-state index in [-0.39, 0.29) is 11.7 Å². The van der Waals surface area contributed by atoms with Gasteiger partial charge in [-0.2, -0.15) is 0 Å². The molecule has 0 aliphatic carbocycles. The molecule has 1 aromatic heterocycles. The lowest BCUT2D eigenvalue weighted by Gasteiger charge is -2.33. The van der Waals surface area contributed by atoms with Gasteiger partial charge in [-0.1, -0.05) is 6.92 Å². The molecule has 0 aromatic carbocycles. The minimum Gasteiger partial charge on any atom is -0.477 e. The predicted molar refractivity (Wildman–Crippen MR) is 70.5 cm³/mol. The number of ether oxygens (including phenoxy) is 1. The molecule has 1 saturated heterocycles. The third kappa shape index (κ3) is 3.41. The molecule has 19 heavy (non-hydrogen) atoms. The molecule has 1 fully saturated rings. The zero-order chi connectivity index (χ0) is 13.7. The fourth-order valence-corrected chi connectivity index (χ4v) is 2.28. The van der Waals surface area contributed by atoms with E-state index in [0.29, 0.717) is 12.4 Å². The molecule has 1 atom stereocenters. The molecule has 0 bridgehead atoms. The first kappa shape index (κ1) is 13.7. The van der Waals surface area contributed by atoms with E-state index in [4.69, 9.17) is 9.84 Å². The summed E-state index contributed by atoms with van der Waals surface area (Å²) >= 11 is 0. The second-order valence-corrected chi connectivity index (χ2v) is 4.65. The van der Waals surface area contributed by atoms with Gasteiger partial charge in [0.15, 0.2) is 0 Å². The second-order valence-electron chi connectivity index (χ2n) is 4.65. The van der Waals surface area contributed by atoms with Crippen LogP contribution in [-0.4, -0.2) is 46.8 Å². The number of aromatic carboxylic acids is 1. The molecule has 1 aliphatic heterocycles. The highest BCUT2D eigenvalue weighted by atomic mass is 16.5. The van der Waals surface area contributed by atoms with Crippen molar-refractivity contribution in [2.24, 2.45) is 0 Å². The SMILES string of the molecule is CCCO[C@@H]1CCCN(c2ncncc2C(=O)O)C1. The minimum atomic E-state index is -0.993. The molecular weight excluding hydrogens is 246 g/mol. The normalized spacial score (nSPS) is 19.4. The molecular formula is C13H19N3O3. The van der Waals surface area contributed by atoms with E-state index in [2.05, 4.69) is 16.9 Å². The first-order chi connectivity index (χ1) is 9.22. The molecule has 2 heterocycles. The summed E-state index contributed by atoms with van der Waals surface area (Å²) in [5.74, 6) is -0.500. The van der Waals surface area contributed by atoms with Crippen LogP contribution < -0.4 is 4.90 Å². The zero-order valence-electron chi connectivity index (χ0n) is 11.1. The molecule has 0 amide bonds. The standard InChI is InChI=1S/C13H19N3O3/c1-2-6-19-10-4-3-5-16(8-10)12-11(13(17)18)7-14-9-15-12/h7,9-10H,2-6,8H2,1H3,(H,17,18)/t10-/m1/s1. The summed E-state index contributed by atoms with van der Waals surface area (Å²) in [4.78, 5) is 21.1. The topological polar surface area (TPSA) is 75.5 Å². The smallest absolute Gasteiger partial charge is 0.341 e. The molecule has 2 rings (SSSR count). The van der Waals surface area contributed by atoms with E-state index in [0.717, 1.165) is 32.4 Å². The zero-order valence-corrected chi connectivity index (χ0v) is 11.1. The number of nitrogens with zero attached hydrogens (tertiary/aromatic N) is 3. The van der Waals surface area contributed by atoms with Gasteiger partial charge in [-0.3, -0.25) is 0 Å². The molecule has 6 heteroatoms. The van der Waals surface area contributed by atoms with Crippen LogP contribution in [-0.2, 0) is 4.74 Å². The van der Waals surface area contributed by atoms with Gasteiger partial charge in [0.2, 0.25) is 0 Å². The van der Waals surface area contributed by atoms with Crippen molar-refractivity contribution in [2.45, 2.75) is 32.3 Å². The van der Waals surface area contributed by atoms with Gasteiger partial charge in [0.05, 0.1) is 6.10 Å². The Morgan fingerprint density at radius 1 is 1.63 bits per heavy atom. The fraction of sp³-hybridized carbons (Fsp3) is 0.615. The Bertz CT molecular complexity index is 439. The summed E-state index contributed by atoms with van der Waals surface area (Å²) in [5.41, 5.74) is 0.152. The molecule has 0 radical (unpaired) electrons. The van der Waals surface area contributed by atoms with Crippen LogP contribution in [0.25, 0.3) is 0 Å². The number of hydrogen-bond donors (Lipinski definition) is 1. The highest BCUT2D eigenvalue weighted by molar-refractivity contribution is 5.92. The van der Waals surface area contributed by atoms with Gasteiger partial charge in [0.1, 0.15) is 17.7 Å². The van der Waals surface area contributed by atoms with Crippen molar-refractivity contribution in [1.82, 2.24) is 9.97 Å². The van der Waals surface area contributed by atoms with Gasteiger partial charge < -0.3 is 14.7 Å². The summed E-state index contributed by atoms with van der Waals surface area (Å²) in [7, 11) is 0. The van der Waals surface area contributed by atoms with Gasteiger partial charge in [-0.15, -0.1) is 0 Å². The first-order valence-electron chi connectivity index (χ1n) is 6.62.